The molecular formula is C24H36N2O. The molecule has 2 saturated carbocycles. The number of aromatic hydroxyl groups is 1. The van der Waals surface area contributed by atoms with E-state index in [1.165, 1.54) is 43.2 Å². The van der Waals surface area contributed by atoms with Crippen molar-refractivity contribution in [3.63, 3.8) is 0 Å². The number of nitrogens with zero attached hydrogens (tertiary/aromatic N) is 2. The minimum atomic E-state index is 0.399. The minimum absolute atomic E-state index is 0.399. The number of hydrogen-bond acceptors (Lipinski definition) is 3. The van der Waals surface area contributed by atoms with E-state index in [2.05, 4.69) is 43.9 Å². The smallest absolute Gasteiger partial charge is 0.124 e. The Hall–Kier alpha value is -1.35. The van der Waals surface area contributed by atoms with Crippen LogP contribution in [0.5, 0.6) is 5.75 Å². The van der Waals surface area contributed by atoms with Crippen LogP contribution in [0.3, 0.4) is 0 Å². The van der Waals surface area contributed by atoms with Gasteiger partial charge in [-0.3, -0.25) is 4.99 Å². The monoisotopic (exact) mass is 368 g/mol. The van der Waals surface area contributed by atoms with Crippen LogP contribution in [0.1, 0.15) is 68.6 Å². The fraction of sp³-hybridized carbons (Fsp3) is 0.708. The molecule has 0 spiro atoms. The number of phenols is 1. The molecule has 4 rings (SSSR count). The SMILES string of the molecule is C[C@H]1CC[C@H]2[C@@H]3CCc4cc(O)c(C=NCCN(C)C)cc4[C@H]3CC[C@]12C. The lowest BCUT2D eigenvalue weighted by Crippen LogP contribution is -2.41. The second-order valence-corrected chi connectivity index (χ2v) is 9.89. The third-order valence-electron chi connectivity index (χ3n) is 8.25. The van der Waals surface area contributed by atoms with E-state index in [1.807, 2.05) is 12.3 Å². The number of benzene rings is 1. The van der Waals surface area contributed by atoms with Gasteiger partial charge in [0.15, 0.2) is 0 Å². The van der Waals surface area contributed by atoms with Crippen molar-refractivity contribution in [2.24, 2.45) is 28.2 Å². The number of hydrogen-bond donors (Lipinski definition) is 1. The van der Waals surface area contributed by atoms with Crippen molar-refractivity contribution in [3.05, 3.63) is 28.8 Å². The van der Waals surface area contributed by atoms with Crippen LogP contribution in [0.25, 0.3) is 0 Å². The van der Waals surface area contributed by atoms with Gasteiger partial charge in [0, 0.05) is 18.3 Å². The van der Waals surface area contributed by atoms with Crippen LogP contribution >= 0.6 is 0 Å². The molecule has 2 fully saturated rings. The van der Waals surface area contributed by atoms with Crippen LogP contribution < -0.4 is 0 Å². The average molecular weight is 369 g/mol. The van der Waals surface area contributed by atoms with Gasteiger partial charge >= 0.3 is 0 Å². The molecule has 0 saturated heterocycles. The highest BCUT2D eigenvalue weighted by molar-refractivity contribution is 5.84. The van der Waals surface area contributed by atoms with Crippen LogP contribution in [0.2, 0.25) is 0 Å². The molecule has 0 unspecified atom stereocenters. The predicted molar refractivity (Wildman–Crippen MR) is 113 cm³/mol. The molecule has 5 atom stereocenters. The number of phenolic OH excluding ortho intramolecular Hbond substituents is 1. The maximum atomic E-state index is 10.5. The summed E-state index contributed by atoms with van der Waals surface area (Å²) in [6.45, 7) is 6.76. The first kappa shape index (κ1) is 19.0. The molecule has 3 aliphatic rings. The topological polar surface area (TPSA) is 35.8 Å². The fourth-order valence-corrected chi connectivity index (χ4v) is 6.41. The Morgan fingerprint density at radius 2 is 2.04 bits per heavy atom. The van der Waals surface area contributed by atoms with Gasteiger partial charge in [-0.25, -0.2) is 0 Å². The summed E-state index contributed by atoms with van der Waals surface area (Å²) >= 11 is 0. The third-order valence-corrected chi connectivity index (χ3v) is 8.25. The molecule has 3 aliphatic carbocycles. The lowest BCUT2D eigenvalue weighted by atomic mass is 9.54. The van der Waals surface area contributed by atoms with Gasteiger partial charge in [0.2, 0.25) is 0 Å². The fourth-order valence-electron chi connectivity index (χ4n) is 6.41. The largest absolute Gasteiger partial charge is 0.507 e. The molecular weight excluding hydrogens is 332 g/mol. The Morgan fingerprint density at radius 3 is 2.81 bits per heavy atom. The van der Waals surface area contributed by atoms with Gasteiger partial charge in [-0.1, -0.05) is 13.8 Å². The number of likely N-dealkylation sites (N-methyl/N-ethyl adjacent to an activating group) is 1. The van der Waals surface area contributed by atoms with E-state index in [4.69, 9.17) is 0 Å². The van der Waals surface area contributed by atoms with Gasteiger partial charge in [-0.05, 0) is 105 Å². The Balaban J connectivity index is 1.59. The number of aryl methyl sites for hydroxylation is 1. The molecule has 27 heavy (non-hydrogen) atoms. The van der Waals surface area contributed by atoms with Crippen LogP contribution in [0.15, 0.2) is 17.1 Å². The maximum Gasteiger partial charge on any atom is 0.124 e. The minimum Gasteiger partial charge on any atom is -0.507 e. The van der Waals surface area contributed by atoms with E-state index < -0.39 is 0 Å². The summed E-state index contributed by atoms with van der Waals surface area (Å²) in [5, 5.41) is 10.5. The second kappa shape index (κ2) is 7.24. The standard InChI is InChI=1S/C24H36N2O/c1-16-5-8-22-20-7-6-17-14-23(27)18(15-25-11-12-26(3)4)13-21(17)19(20)9-10-24(16,22)2/h13-16,19-20,22,27H,5-12H2,1-4H3/t16-,19-,20+,22-,24+/m0/s1. The van der Waals surface area contributed by atoms with Crippen molar-refractivity contribution < 1.29 is 5.11 Å². The number of fused-ring (bicyclic) bond motifs is 5. The quantitative estimate of drug-likeness (QED) is 0.770. The third kappa shape index (κ3) is 3.33. The molecule has 1 aromatic rings. The number of rotatable bonds is 4. The molecule has 3 heteroatoms. The highest BCUT2D eigenvalue weighted by atomic mass is 16.3. The van der Waals surface area contributed by atoms with Gasteiger partial charge in [0.1, 0.15) is 5.75 Å². The van der Waals surface area contributed by atoms with Crippen molar-refractivity contribution >= 4 is 6.21 Å². The van der Waals surface area contributed by atoms with Crippen molar-refractivity contribution in [2.75, 3.05) is 27.2 Å². The normalized spacial score (nSPS) is 35.3. The van der Waals surface area contributed by atoms with E-state index in [9.17, 15) is 5.11 Å². The van der Waals surface area contributed by atoms with Crippen LogP contribution in [-0.2, 0) is 6.42 Å². The highest BCUT2D eigenvalue weighted by Gasteiger charge is 2.53. The first-order chi connectivity index (χ1) is 12.9. The first-order valence-electron chi connectivity index (χ1n) is 10.9. The van der Waals surface area contributed by atoms with E-state index in [1.54, 1.807) is 0 Å². The van der Waals surface area contributed by atoms with Crippen molar-refractivity contribution in [3.8, 4) is 5.75 Å². The summed E-state index contributed by atoms with van der Waals surface area (Å²) in [7, 11) is 4.12. The van der Waals surface area contributed by atoms with Crippen molar-refractivity contribution in [1.82, 2.24) is 4.90 Å². The lowest BCUT2D eigenvalue weighted by Gasteiger charge is -2.50. The molecule has 0 aromatic heterocycles. The molecule has 0 aliphatic heterocycles. The molecule has 0 amide bonds. The molecule has 1 aromatic carbocycles. The summed E-state index contributed by atoms with van der Waals surface area (Å²) in [6.07, 6.45) is 9.84. The van der Waals surface area contributed by atoms with Crippen LogP contribution in [-0.4, -0.2) is 43.4 Å². The zero-order valence-electron chi connectivity index (χ0n) is 17.5. The molecule has 148 valence electrons. The zero-order valence-corrected chi connectivity index (χ0v) is 17.5. The Bertz CT molecular complexity index is 725. The van der Waals surface area contributed by atoms with Crippen molar-refractivity contribution in [1.29, 1.82) is 0 Å². The van der Waals surface area contributed by atoms with Crippen LogP contribution in [0.4, 0.5) is 0 Å². The Kier molecular flexibility index (Phi) is 5.09. The maximum absolute atomic E-state index is 10.5. The number of aliphatic imine (C=N–C) groups is 1. The van der Waals surface area contributed by atoms with Crippen LogP contribution in [0, 0.1) is 23.2 Å². The van der Waals surface area contributed by atoms with Gasteiger partial charge in [0.05, 0.1) is 6.54 Å². The summed E-state index contributed by atoms with van der Waals surface area (Å²) in [5.41, 5.74) is 4.36. The Morgan fingerprint density at radius 1 is 1.22 bits per heavy atom. The van der Waals surface area contributed by atoms with E-state index in [0.717, 1.165) is 42.8 Å². The molecule has 1 N–H and O–H groups in total. The van der Waals surface area contributed by atoms with E-state index in [-0.39, 0.29) is 0 Å². The van der Waals surface area contributed by atoms with Gasteiger partial charge < -0.3 is 10.0 Å². The van der Waals surface area contributed by atoms with Crippen molar-refractivity contribution in [2.45, 2.75) is 58.3 Å². The first-order valence-corrected chi connectivity index (χ1v) is 10.9. The Labute approximate surface area is 164 Å². The molecule has 0 radical (unpaired) electrons. The molecule has 0 heterocycles. The van der Waals surface area contributed by atoms with Gasteiger partial charge in [0.25, 0.3) is 0 Å². The summed E-state index contributed by atoms with van der Waals surface area (Å²) in [4.78, 5) is 6.68. The summed E-state index contributed by atoms with van der Waals surface area (Å²) in [6, 6.07) is 4.30. The summed E-state index contributed by atoms with van der Waals surface area (Å²) < 4.78 is 0. The highest BCUT2D eigenvalue weighted by Crippen LogP contribution is 2.62. The van der Waals surface area contributed by atoms with Gasteiger partial charge in [-0.2, -0.15) is 0 Å². The summed E-state index contributed by atoms with van der Waals surface area (Å²) in [5.74, 6) is 3.70. The lowest BCUT2D eigenvalue weighted by molar-refractivity contribution is 0.0336. The predicted octanol–water partition coefficient (Wildman–Crippen LogP) is 4.86. The van der Waals surface area contributed by atoms with E-state index >= 15 is 0 Å². The zero-order chi connectivity index (χ0) is 19.2. The van der Waals surface area contributed by atoms with E-state index in [0.29, 0.717) is 17.1 Å². The van der Waals surface area contributed by atoms with Gasteiger partial charge in [-0.15, -0.1) is 0 Å². The average Bonchev–Trinajstić information content (AvgIpc) is 2.94. The molecule has 0 bridgehead atoms. The second-order valence-electron chi connectivity index (χ2n) is 9.89. The molecule has 3 nitrogen and oxygen atoms in total.